The van der Waals surface area contributed by atoms with Crippen LogP contribution in [0.2, 0.25) is 0 Å². The highest BCUT2D eigenvalue weighted by atomic mass is 32.1. The lowest BCUT2D eigenvalue weighted by Gasteiger charge is -2.26. The third-order valence-corrected chi connectivity index (χ3v) is 3.35. The van der Waals surface area contributed by atoms with E-state index in [0.29, 0.717) is 12.2 Å². The van der Waals surface area contributed by atoms with E-state index in [1.807, 2.05) is 18.2 Å². The monoisotopic (exact) mass is 237 g/mol. The number of fused-ring (bicyclic) bond motifs is 1. The third-order valence-electron chi connectivity index (χ3n) is 3.00. The largest absolute Gasteiger partial charge is 0.388 e. The van der Waals surface area contributed by atoms with Gasteiger partial charge in [-0.15, -0.1) is 0 Å². The number of nitrogens with zero attached hydrogens (tertiary/aromatic N) is 1. The first kappa shape index (κ1) is 11.5. The Hall–Kier alpha value is -1.00. The number of benzene rings is 1. The summed E-state index contributed by atoms with van der Waals surface area (Å²) < 4.78 is 0. The number of carbonyl (C=O) groups excluding carboxylic acids is 1. The molecule has 4 heteroatoms. The maximum atomic E-state index is 11.5. The van der Waals surface area contributed by atoms with E-state index in [1.54, 1.807) is 11.9 Å². The molecule has 1 amide bonds. The predicted molar refractivity (Wildman–Crippen MR) is 67.0 cm³/mol. The van der Waals surface area contributed by atoms with Gasteiger partial charge in [0.2, 0.25) is 5.91 Å². The zero-order chi connectivity index (χ0) is 11.7. The van der Waals surface area contributed by atoms with E-state index in [-0.39, 0.29) is 5.91 Å². The molecule has 1 aliphatic rings. The van der Waals surface area contributed by atoms with Crippen LogP contribution < -0.4 is 4.90 Å². The summed E-state index contributed by atoms with van der Waals surface area (Å²) in [7, 11) is 1.79. The second-order valence-corrected chi connectivity index (χ2v) is 4.40. The average molecular weight is 237 g/mol. The summed E-state index contributed by atoms with van der Waals surface area (Å²) in [6.45, 7) is 0. The lowest BCUT2D eigenvalue weighted by Crippen LogP contribution is -2.31. The number of aliphatic hydroxyl groups excluding tert-OH is 1. The number of aryl methyl sites for hydroxylation is 1. The molecule has 0 bridgehead atoms. The average Bonchev–Trinajstić information content (AvgIpc) is 2.32. The van der Waals surface area contributed by atoms with Gasteiger partial charge in [0.15, 0.2) is 0 Å². The molecule has 2 rings (SSSR count). The van der Waals surface area contributed by atoms with Crippen LogP contribution in [0.25, 0.3) is 0 Å². The Kier molecular flexibility index (Phi) is 3.21. The van der Waals surface area contributed by atoms with E-state index in [2.05, 4.69) is 12.6 Å². The van der Waals surface area contributed by atoms with Gasteiger partial charge in [-0.3, -0.25) is 4.79 Å². The Morgan fingerprint density at radius 2 is 2.25 bits per heavy atom. The fraction of sp³-hybridized carbons (Fsp3) is 0.417. The first-order valence-electron chi connectivity index (χ1n) is 5.32. The van der Waals surface area contributed by atoms with Crippen LogP contribution in [0.5, 0.6) is 0 Å². The Balaban J connectivity index is 2.37. The van der Waals surface area contributed by atoms with Crippen LogP contribution in [0.1, 0.15) is 23.7 Å². The number of hydrogen-bond acceptors (Lipinski definition) is 3. The van der Waals surface area contributed by atoms with E-state index in [4.69, 9.17) is 0 Å². The van der Waals surface area contributed by atoms with Crippen molar-refractivity contribution in [3.8, 4) is 0 Å². The zero-order valence-electron chi connectivity index (χ0n) is 9.18. The molecule has 0 spiro atoms. The van der Waals surface area contributed by atoms with Crippen molar-refractivity contribution in [3.63, 3.8) is 0 Å². The predicted octanol–water partition coefficient (Wildman–Crippen LogP) is 1.56. The molecule has 1 N–H and O–H groups in total. The smallest absolute Gasteiger partial charge is 0.227 e. The van der Waals surface area contributed by atoms with Gasteiger partial charge in [-0.25, -0.2) is 0 Å². The molecule has 1 aliphatic heterocycles. The SMILES string of the molecule is CN1C(=O)CCc2cc(C(O)CS)ccc21. The maximum absolute atomic E-state index is 11.5. The number of amides is 1. The minimum atomic E-state index is -0.531. The van der Waals surface area contributed by atoms with Crippen molar-refractivity contribution in [3.05, 3.63) is 29.3 Å². The highest BCUT2D eigenvalue weighted by molar-refractivity contribution is 7.80. The number of thiol groups is 1. The van der Waals surface area contributed by atoms with E-state index >= 15 is 0 Å². The summed E-state index contributed by atoms with van der Waals surface area (Å²) in [4.78, 5) is 13.2. The zero-order valence-corrected chi connectivity index (χ0v) is 10.1. The van der Waals surface area contributed by atoms with Crippen LogP contribution in [0, 0.1) is 0 Å². The molecule has 16 heavy (non-hydrogen) atoms. The molecule has 0 aliphatic carbocycles. The van der Waals surface area contributed by atoms with Gasteiger partial charge in [-0.05, 0) is 23.6 Å². The van der Waals surface area contributed by atoms with E-state index in [0.717, 1.165) is 23.2 Å². The summed E-state index contributed by atoms with van der Waals surface area (Å²) in [6, 6.07) is 5.72. The molecular weight excluding hydrogens is 222 g/mol. The second-order valence-electron chi connectivity index (χ2n) is 4.04. The van der Waals surface area contributed by atoms with Gasteiger partial charge in [0.25, 0.3) is 0 Å². The lowest BCUT2D eigenvalue weighted by molar-refractivity contribution is -0.118. The van der Waals surface area contributed by atoms with Gasteiger partial charge >= 0.3 is 0 Å². The Morgan fingerprint density at radius 3 is 2.94 bits per heavy atom. The van der Waals surface area contributed by atoms with E-state index < -0.39 is 6.10 Å². The minimum Gasteiger partial charge on any atom is -0.388 e. The number of anilines is 1. The molecule has 86 valence electrons. The maximum Gasteiger partial charge on any atom is 0.227 e. The molecule has 0 saturated heterocycles. The summed E-state index contributed by atoms with van der Waals surface area (Å²) in [5.41, 5.74) is 2.95. The van der Waals surface area contributed by atoms with Gasteiger partial charge in [0.05, 0.1) is 6.10 Å². The van der Waals surface area contributed by atoms with Gasteiger partial charge < -0.3 is 10.0 Å². The van der Waals surface area contributed by atoms with Crippen LogP contribution in [0.3, 0.4) is 0 Å². The molecule has 0 radical (unpaired) electrons. The molecule has 0 fully saturated rings. The standard InChI is InChI=1S/C12H15NO2S/c1-13-10-4-2-9(11(14)7-16)6-8(10)3-5-12(13)15/h2,4,6,11,14,16H,3,5,7H2,1H3. The van der Waals surface area contributed by atoms with Gasteiger partial charge in [-0.2, -0.15) is 12.6 Å². The molecule has 0 aromatic heterocycles. The summed E-state index contributed by atoms with van der Waals surface area (Å²) >= 11 is 4.07. The van der Waals surface area contributed by atoms with Crippen LogP contribution in [-0.4, -0.2) is 23.8 Å². The molecular formula is C12H15NO2S. The fourth-order valence-electron chi connectivity index (χ4n) is 1.99. The normalized spacial score (nSPS) is 17.2. The van der Waals surface area contributed by atoms with Crippen molar-refractivity contribution in [2.24, 2.45) is 0 Å². The second kappa shape index (κ2) is 4.47. The van der Waals surface area contributed by atoms with Crippen molar-refractivity contribution in [2.45, 2.75) is 18.9 Å². The fourth-order valence-corrected chi connectivity index (χ4v) is 2.20. The molecule has 1 unspecified atom stereocenters. The van der Waals surface area contributed by atoms with Gasteiger partial charge in [0.1, 0.15) is 0 Å². The van der Waals surface area contributed by atoms with Crippen LogP contribution in [0.15, 0.2) is 18.2 Å². The van der Waals surface area contributed by atoms with Crippen molar-refractivity contribution < 1.29 is 9.90 Å². The Bertz CT molecular complexity index is 419. The molecule has 0 saturated carbocycles. The van der Waals surface area contributed by atoms with Crippen LogP contribution in [-0.2, 0) is 11.2 Å². The van der Waals surface area contributed by atoms with Crippen LogP contribution in [0.4, 0.5) is 5.69 Å². The minimum absolute atomic E-state index is 0.148. The van der Waals surface area contributed by atoms with Crippen molar-refractivity contribution in [1.82, 2.24) is 0 Å². The molecule has 1 atom stereocenters. The van der Waals surface area contributed by atoms with Gasteiger partial charge in [-0.1, -0.05) is 12.1 Å². The third kappa shape index (κ3) is 1.95. The number of carbonyl (C=O) groups is 1. The topological polar surface area (TPSA) is 40.5 Å². The van der Waals surface area contributed by atoms with E-state index in [1.165, 1.54) is 0 Å². The highest BCUT2D eigenvalue weighted by Gasteiger charge is 2.21. The Morgan fingerprint density at radius 1 is 1.50 bits per heavy atom. The Labute approximate surface area is 100 Å². The van der Waals surface area contributed by atoms with Crippen LogP contribution >= 0.6 is 12.6 Å². The number of hydrogen-bond donors (Lipinski definition) is 2. The highest BCUT2D eigenvalue weighted by Crippen LogP contribution is 2.29. The van der Waals surface area contributed by atoms with Crippen molar-refractivity contribution in [1.29, 1.82) is 0 Å². The van der Waals surface area contributed by atoms with Gasteiger partial charge in [0, 0.05) is 24.9 Å². The molecule has 1 heterocycles. The molecule has 3 nitrogen and oxygen atoms in total. The molecule has 1 aromatic carbocycles. The molecule has 1 aromatic rings. The van der Waals surface area contributed by atoms with E-state index in [9.17, 15) is 9.90 Å². The quantitative estimate of drug-likeness (QED) is 0.766. The summed E-state index contributed by atoms with van der Waals surface area (Å²) in [5, 5.41) is 9.69. The van der Waals surface area contributed by atoms with Crippen molar-refractivity contribution in [2.75, 3.05) is 17.7 Å². The van der Waals surface area contributed by atoms with Crippen molar-refractivity contribution >= 4 is 24.2 Å². The summed E-state index contributed by atoms with van der Waals surface area (Å²) in [6.07, 6.45) is 0.770. The number of aliphatic hydroxyl groups is 1. The first-order valence-corrected chi connectivity index (χ1v) is 5.95. The lowest BCUT2D eigenvalue weighted by atomic mass is 9.97. The number of rotatable bonds is 2. The summed E-state index contributed by atoms with van der Waals surface area (Å²) in [5.74, 6) is 0.558. The first-order chi connectivity index (χ1) is 7.63.